The van der Waals surface area contributed by atoms with Crippen molar-refractivity contribution in [2.24, 2.45) is 5.92 Å². The van der Waals surface area contributed by atoms with Crippen molar-refractivity contribution in [2.45, 2.75) is 37.9 Å². The summed E-state index contributed by atoms with van der Waals surface area (Å²) in [6.07, 6.45) is -0.429. The van der Waals surface area contributed by atoms with Crippen molar-refractivity contribution in [1.29, 1.82) is 0 Å². The van der Waals surface area contributed by atoms with Crippen LogP contribution < -0.4 is 15.5 Å². The van der Waals surface area contributed by atoms with E-state index in [1.807, 2.05) is 43.3 Å². The predicted octanol–water partition coefficient (Wildman–Crippen LogP) is 5.30. The van der Waals surface area contributed by atoms with Gasteiger partial charge >= 0.3 is 6.18 Å². The van der Waals surface area contributed by atoms with Crippen LogP contribution in [0, 0.1) is 5.92 Å². The number of fused-ring (bicyclic) bond motifs is 1. The Labute approximate surface area is 224 Å². The number of amides is 1. The topological polar surface area (TPSA) is 88.0 Å². The molecule has 0 spiro atoms. The number of alkyl halides is 3. The minimum atomic E-state index is -4.74. The second-order valence-electron chi connectivity index (χ2n) is 10.0. The van der Waals surface area contributed by atoms with Gasteiger partial charge in [0.25, 0.3) is 5.91 Å². The molecule has 8 nitrogen and oxygen atoms in total. The summed E-state index contributed by atoms with van der Waals surface area (Å²) >= 11 is 0. The van der Waals surface area contributed by atoms with E-state index in [2.05, 4.69) is 20.7 Å². The number of nitrogens with zero attached hydrogens (tertiary/aromatic N) is 5. The molecule has 1 aliphatic carbocycles. The van der Waals surface area contributed by atoms with Crippen LogP contribution in [0.5, 0.6) is 0 Å². The molecule has 0 aliphatic heterocycles. The van der Waals surface area contributed by atoms with Crippen LogP contribution in [0.25, 0.3) is 16.6 Å². The number of anilines is 2. The number of rotatable bonds is 7. The Kier molecular flexibility index (Phi) is 7.40. The summed E-state index contributed by atoms with van der Waals surface area (Å²) in [6, 6.07) is 16.0. The van der Waals surface area contributed by atoms with E-state index >= 15 is 0 Å². The van der Waals surface area contributed by atoms with Crippen LogP contribution in [0.1, 0.15) is 41.7 Å². The maximum Gasteiger partial charge on any atom is 0.434 e. The monoisotopic (exact) mass is 537 g/mol. The van der Waals surface area contributed by atoms with Crippen LogP contribution in [-0.2, 0) is 6.18 Å². The quantitative estimate of drug-likeness (QED) is 0.333. The van der Waals surface area contributed by atoms with E-state index in [1.54, 1.807) is 18.2 Å². The Balaban J connectivity index is 1.20. The van der Waals surface area contributed by atoms with Gasteiger partial charge in [0.05, 0.1) is 23.0 Å². The van der Waals surface area contributed by atoms with Gasteiger partial charge in [0.2, 0.25) is 5.95 Å². The van der Waals surface area contributed by atoms with Crippen LogP contribution in [0.2, 0.25) is 0 Å². The van der Waals surface area contributed by atoms with Gasteiger partial charge < -0.3 is 15.5 Å². The van der Waals surface area contributed by atoms with E-state index in [-0.39, 0.29) is 17.6 Å². The van der Waals surface area contributed by atoms with Gasteiger partial charge in [-0.1, -0.05) is 30.3 Å². The first-order chi connectivity index (χ1) is 18.7. The van der Waals surface area contributed by atoms with Gasteiger partial charge in [-0.15, -0.1) is 0 Å². The van der Waals surface area contributed by atoms with Crippen LogP contribution in [0.4, 0.5) is 24.9 Å². The normalized spacial score (nSPS) is 17.7. The lowest BCUT2D eigenvalue weighted by Gasteiger charge is -2.29. The van der Waals surface area contributed by atoms with Crippen molar-refractivity contribution < 1.29 is 18.0 Å². The van der Waals surface area contributed by atoms with E-state index in [1.165, 1.54) is 12.1 Å². The van der Waals surface area contributed by atoms with Gasteiger partial charge in [0.15, 0.2) is 5.69 Å². The Morgan fingerprint density at radius 3 is 2.38 bits per heavy atom. The van der Waals surface area contributed by atoms with Crippen molar-refractivity contribution >= 4 is 28.6 Å². The molecule has 0 atom stereocenters. The smallest absolute Gasteiger partial charge is 0.362 e. The molecule has 4 aromatic rings. The average molecular weight is 538 g/mol. The Bertz CT molecular complexity index is 1440. The van der Waals surface area contributed by atoms with E-state index in [9.17, 15) is 18.0 Å². The van der Waals surface area contributed by atoms with Crippen LogP contribution in [-0.4, -0.2) is 52.3 Å². The Hall–Kier alpha value is -4.15. The highest BCUT2D eigenvalue weighted by atomic mass is 19.4. The summed E-state index contributed by atoms with van der Waals surface area (Å²) in [4.78, 5) is 24.1. The Morgan fingerprint density at radius 1 is 1.00 bits per heavy atom. The van der Waals surface area contributed by atoms with E-state index < -0.39 is 23.3 Å². The lowest BCUT2D eigenvalue weighted by Crippen LogP contribution is -2.35. The molecule has 0 unspecified atom stereocenters. The lowest BCUT2D eigenvalue weighted by molar-refractivity contribution is -0.143. The van der Waals surface area contributed by atoms with Gasteiger partial charge in [-0.3, -0.25) is 4.79 Å². The fourth-order valence-electron chi connectivity index (χ4n) is 5.04. The fourth-order valence-corrected chi connectivity index (χ4v) is 5.04. The molecule has 2 aromatic carbocycles. The molecule has 0 saturated heterocycles. The maximum atomic E-state index is 13.9. The zero-order valence-electron chi connectivity index (χ0n) is 21.7. The van der Waals surface area contributed by atoms with Gasteiger partial charge in [-0.2, -0.15) is 23.3 Å². The number of carbonyl (C=O) groups excluding carboxylic acids is 1. The first kappa shape index (κ1) is 26.5. The van der Waals surface area contributed by atoms with Crippen LogP contribution >= 0.6 is 0 Å². The molecule has 5 rings (SSSR count). The molecule has 1 saturated carbocycles. The highest BCUT2D eigenvalue weighted by Gasteiger charge is 2.40. The minimum absolute atomic E-state index is 0.167. The molecule has 1 aliphatic rings. The third-order valence-corrected chi connectivity index (χ3v) is 7.02. The molecule has 0 radical (unpaired) electrons. The molecular weight excluding hydrogens is 507 g/mol. The molecule has 11 heteroatoms. The number of hydrogen-bond acceptors (Lipinski definition) is 6. The summed E-state index contributed by atoms with van der Waals surface area (Å²) in [5.74, 6) is 0.809. The van der Waals surface area contributed by atoms with Crippen molar-refractivity contribution in [1.82, 2.24) is 25.1 Å². The summed E-state index contributed by atoms with van der Waals surface area (Å²) in [6.45, 7) is 0.302. The summed E-state index contributed by atoms with van der Waals surface area (Å²) in [5, 5.41) is 11.0. The van der Waals surface area contributed by atoms with E-state index in [0.29, 0.717) is 12.5 Å². The number of halogens is 3. The third kappa shape index (κ3) is 5.81. The summed E-state index contributed by atoms with van der Waals surface area (Å²) < 4.78 is 42.5. The van der Waals surface area contributed by atoms with E-state index in [0.717, 1.165) is 53.3 Å². The second-order valence-corrected chi connectivity index (χ2v) is 10.0. The fraction of sp³-hybridized carbons (Fsp3) is 0.357. The number of nitrogens with one attached hydrogen (secondary N) is 2. The van der Waals surface area contributed by atoms with Gasteiger partial charge in [-0.05, 0) is 55.9 Å². The van der Waals surface area contributed by atoms with Crippen LogP contribution in [0.15, 0.2) is 60.8 Å². The molecule has 0 bridgehead atoms. The molecule has 1 amide bonds. The molecule has 204 valence electrons. The number of carbonyl (C=O) groups is 1. The minimum Gasteiger partial charge on any atom is -0.362 e. The molecule has 39 heavy (non-hydrogen) atoms. The van der Waals surface area contributed by atoms with Crippen molar-refractivity contribution in [2.75, 3.05) is 30.9 Å². The molecule has 1 fully saturated rings. The number of aromatic nitrogens is 4. The predicted molar refractivity (Wildman–Crippen MR) is 144 cm³/mol. The summed E-state index contributed by atoms with van der Waals surface area (Å²) in [7, 11) is 3.89. The maximum absolute atomic E-state index is 13.9. The SMILES string of the molecule is CN(C)c1nc(N[C@H]2CC[C@@H](CNC(=O)c3cnn(-c4ccccc4)c3C(F)(F)F)CC2)nc2ccccc12. The van der Waals surface area contributed by atoms with Gasteiger partial charge in [0.1, 0.15) is 5.82 Å². The lowest BCUT2D eigenvalue weighted by atomic mass is 9.86. The first-order valence-electron chi connectivity index (χ1n) is 12.9. The van der Waals surface area contributed by atoms with Crippen LogP contribution in [0.3, 0.4) is 0 Å². The standard InChI is InChI=1S/C28H30F3N7O/c1-37(2)25-21-10-6-7-11-23(21)35-27(36-25)34-19-14-12-18(13-15-19)16-32-26(39)22-17-33-38(24(22)28(29,30)31)20-8-4-3-5-9-20/h3-11,17-19H,12-16H2,1-2H3,(H,32,39)(H,34,35,36)/t18-,19+. The highest BCUT2D eigenvalue weighted by molar-refractivity contribution is 5.95. The van der Waals surface area contributed by atoms with Gasteiger partial charge in [0, 0.05) is 32.1 Å². The Morgan fingerprint density at radius 2 is 1.69 bits per heavy atom. The average Bonchev–Trinajstić information content (AvgIpc) is 3.39. The van der Waals surface area contributed by atoms with E-state index in [4.69, 9.17) is 4.98 Å². The molecular formula is C28H30F3N7O. The summed E-state index contributed by atoms with van der Waals surface area (Å²) in [5.41, 5.74) is -0.454. The second kappa shape index (κ2) is 10.9. The number of hydrogen-bond donors (Lipinski definition) is 2. The third-order valence-electron chi connectivity index (χ3n) is 7.02. The van der Waals surface area contributed by atoms with Crippen molar-refractivity contribution in [3.05, 3.63) is 72.1 Å². The highest BCUT2D eigenvalue weighted by Crippen LogP contribution is 2.34. The van der Waals surface area contributed by atoms with Crippen molar-refractivity contribution in [3.8, 4) is 5.69 Å². The zero-order chi connectivity index (χ0) is 27.6. The largest absolute Gasteiger partial charge is 0.434 e. The first-order valence-corrected chi connectivity index (χ1v) is 12.9. The van der Waals surface area contributed by atoms with Crippen molar-refractivity contribution in [3.63, 3.8) is 0 Å². The molecule has 2 aromatic heterocycles. The molecule has 2 N–H and O–H groups in total. The number of benzene rings is 2. The molecule has 2 heterocycles. The number of para-hydroxylation sites is 2. The van der Waals surface area contributed by atoms with Gasteiger partial charge in [-0.25, -0.2) is 9.67 Å². The zero-order valence-corrected chi connectivity index (χ0v) is 21.7.